The van der Waals surface area contributed by atoms with Crippen molar-refractivity contribution in [3.63, 3.8) is 0 Å². The first-order chi connectivity index (χ1) is 24.3. The summed E-state index contributed by atoms with van der Waals surface area (Å²) >= 11 is 1.85. The average Bonchev–Trinajstić information content (AvgIpc) is 3.75. The molecule has 8 aromatic carbocycles. The van der Waals surface area contributed by atoms with E-state index in [0.29, 0.717) is 0 Å². The molecular weight excluding hydrogens is 615 g/mol. The zero-order valence-electron chi connectivity index (χ0n) is 26.5. The van der Waals surface area contributed by atoms with Crippen molar-refractivity contribution in [2.45, 2.75) is 0 Å². The van der Waals surface area contributed by atoms with Crippen LogP contribution in [0.5, 0.6) is 0 Å². The number of rotatable bonds is 5. The molecule has 0 N–H and O–H groups in total. The summed E-state index contributed by atoms with van der Waals surface area (Å²) < 4.78 is 9.40. The Bertz CT molecular complexity index is 2810. The van der Waals surface area contributed by atoms with E-state index in [-0.39, 0.29) is 0 Å². The molecule has 0 radical (unpaired) electrons. The van der Waals surface area contributed by atoms with E-state index in [1.165, 1.54) is 42.4 Å². The molecule has 0 amide bonds. The summed E-state index contributed by atoms with van der Waals surface area (Å²) in [6, 6.07) is 63.0. The third-order valence-corrected chi connectivity index (χ3v) is 10.8. The topological polar surface area (TPSA) is 16.4 Å². The van der Waals surface area contributed by atoms with Gasteiger partial charge in [-0.3, -0.25) is 0 Å². The van der Waals surface area contributed by atoms with Crippen LogP contribution in [0.3, 0.4) is 0 Å². The van der Waals surface area contributed by atoms with E-state index in [2.05, 4.69) is 181 Å². The van der Waals surface area contributed by atoms with E-state index < -0.39 is 0 Å². The number of furan rings is 1. The summed E-state index contributed by atoms with van der Waals surface area (Å²) in [6.07, 6.45) is 0. The predicted molar refractivity (Wildman–Crippen MR) is 210 cm³/mol. The van der Waals surface area contributed by atoms with Gasteiger partial charge in [-0.1, -0.05) is 127 Å². The third-order valence-electron chi connectivity index (χ3n) is 9.66. The lowest BCUT2D eigenvalue weighted by Gasteiger charge is -2.27. The van der Waals surface area contributed by atoms with E-state index in [4.69, 9.17) is 4.42 Å². The summed E-state index contributed by atoms with van der Waals surface area (Å²) in [4.78, 5) is 2.38. The minimum atomic E-state index is 0.893. The summed E-state index contributed by atoms with van der Waals surface area (Å²) in [5.41, 5.74) is 9.93. The summed E-state index contributed by atoms with van der Waals surface area (Å²) in [5.74, 6) is 0. The second-order valence-corrected chi connectivity index (χ2v) is 13.5. The van der Waals surface area contributed by atoms with Gasteiger partial charge in [-0.05, 0) is 70.8 Å². The normalized spacial score (nSPS) is 11.7. The second kappa shape index (κ2) is 11.2. The van der Waals surface area contributed by atoms with Gasteiger partial charge in [0, 0.05) is 53.1 Å². The maximum Gasteiger partial charge on any atom is 0.143 e. The Morgan fingerprint density at radius 2 is 1.00 bits per heavy atom. The minimum Gasteiger partial charge on any atom is -0.455 e. The molecular formula is C46H29NOS. The standard InChI is InChI=1S/C46H29NOS/c1-3-13-30(14-4-1)31-25-27-33(28-26-31)47(32-15-5-2-6-16-32)40-29-39-44-35(20-11-22-41(44)48-46(39)37-18-8-7-17-34(37)40)36-21-12-24-43-45(36)38-19-9-10-23-42(38)49-43/h1-29H. The fraction of sp³-hybridized carbons (Fsp3) is 0. The Morgan fingerprint density at radius 3 is 1.80 bits per heavy atom. The maximum absolute atomic E-state index is 6.80. The fourth-order valence-corrected chi connectivity index (χ4v) is 8.61. The van der Waals surface area contributed by atoms with Gasteiger partial charge < -0.3 is 9.32 Å². The van der Waals surface area contributed by atoms with Gasteiger partial charge in [0.1, 0.15) is 11.2 Å². The fourth-order valence-electron chi connectivity index (χ4n) is 7.48. The molecule has 0 saturated heterocycles. The van der Waals surface area contributed by atoms with Crippen LogP contribution in [0.2, 0.25) is 0 Å². The molecule has 10 rings (SSSR count). The van der Waals surface area contributed by atoms with Crippen molar-refractivity contribution >= 4 is 81.3 Å². The quantitative estimate of drug-likeness (QED) is 0.186. The van der Waals surface area contributed by atoms with Crippen LogP contribution in [-0.2, 0) is 0 Å². The van der Waals surface area contributed by atoms with E-state index in [9.17, 15) is 0 Å². The third kappa shape index (κ3) is 4.47. The highest BCUT2D eigenvalue weighted by molar-refractivity contribution is 7.25. The molecule has 49 heavy (non-hydrogen) atoms. The largest absolute Gasteiger partial charge is 0.455 e. The molecule has 2 aromatic heterocycles. The van der Waals surface area contributed by atoms with Gasteiger partial charge in [-0.15, -0.1) is 11.3 Å². The Kier molecular flexibility index (Phi) is 6.39. The van der Waals surface area contributed by atoms with Gasteiger partial charge in [0.2, 0.25) is 0 Å². The van der Waals surface area contributed by atoms with Crippen LogP contribution in [0.4, 0.5) is 17.1 Å². The molecule has 10 aromatic rings. The van der Waals surface area contributed by atoms with E-state index in [1.807, 2.05) is 11.3 Å². The van der Waals surface area contributed by atoms with E-state index >= 15 is 0 Å². The Hall–Kier alpha value is -6.16. The van der Waals surface area contributed by atoms with Gasteiger partial charge in [0.15, 0.2) is 0 Å². The number of thiophene rings is 1. The van der Waals surface area contributed by atoms with Crippen molar-refractivity contribution in [1.82, 2.24) is 0 Å². The lowest BCUT2D eigenvalue weighted by atomic mass is 9.94. The molecule has 0 fully saturated rings. The maximum atomic E-state index is 6.80. The highest BCUT2D eigenvalue weighted by Gasteiger charge is 2.22. The van der Waals surface area contributed by atoms with Crippen LogP contribution in [-0.4, -0.2) is 0 Å². The Labute approximate surface area is 287 Å². The zero-order chi connectivity index (χ0) is 32.3. The number of fused-ring (bicyclic) bond motifs is 8. The number of para-hydroxylation sites is 1. The van der Waals surface area contributed by atoms with Crippen molar-refractivity contribution in [3.8, 4) is 22.3 Å². The first kappa shape index (κ1) is 27.9. The Balaban J connectivity index is 1.26. The lowest BCUT2D eigenvalue weighted by molar-refractivity contribution is 0.673. The van der Waals surface area contributed by atoms with Crippen LogP contribution >= 0.6 is 11.3 Å². The first-order valence-corrected chi connectivity index (χ1v) is 17.4. The molecule has 0 aliphatic rings. The molecule has 0 aliphatic carbocycles. The van der Waals surface area contributed by atoms with E-state index in [1.54, 1.807) is 0 Å². The molecule has 0 atom stereocenters. The lowest BCUT2D eigenvalue weighted by Crippen LogP contribution is -2.10. The smallest absolute Gasteiger partial charge is 0.143 e. The number of anilines is 3. The van der Waals surface area contributed by atoms with Gasteiger partial charge in [0.25, 0.3) is 0 Å². The van der Waals surface area contributed by atoms with Gasteiger partial charge >= 0.3 is 0 Å². The number of nitrogens with zero attached hydrogens (tertiary/aromatic N) is 1. The van der Waals surface area contributed by atoms with Crippen LogP contribution in [0.15, 0.2) is 180 Å². The molecule has 0 saturated carbocycles. The number of hydrogen-bond acceptors (Lipinski definition) is 3. The number of hydrogen-bond donors (Lipinski definition) is 0. The molecule has 2 heterocycles. The van der Waals surface area contributed by atoms with Crippen molar-refractivity contribution < 1.29 is 4.42 Å². The van der Waals surface area contributed by atoms with Crippen molar-refractivity contribution in [2.24, 2.45) is 0 Å². The number of benzene rings is 8. The minimum absolute atomic E-state index is 0.893. The van der Waals surface area contributed by atoms with Crippen molar-refractivity contribution in [1.29, 1.82) is 0 Å². The Morgan fingerprint density at radius 1 is 0.408 bits per heavy atom. The van der Waals surface area contributed by atoms with Crippen LogP contribution in [0, 0.1) is 0 Å². The molecule has 0 aliphatic heterocycles. The molecule has 0 spiro atoms. The summed E-state index contributed by atoms with van der Waals surface area (Å²) in [7, 11) is 0. The monoisotopic (exact) mass is 643 g/mol. The van der Waals surface area contributed by atoms with Gasteiger partial charge in [0.05, 0.1) is 5.69 Å². The van der Waals surface area contributed by atoms with Crippen molar-refractivity contribution in [3.05, 3.63) is 176 Å². The second-order valence-electron chi connectivity index (χ2n) is 12.5. The van der Waals surface area contributed by atoms with Gasteiger partial charge in [-0.2, -0.15) is 0 Å². The molecule has 230 valence electrons. The SMILES string of the molecule is c1ccc(-c2ccc(N(c3ccccc3)c3cc4c(oc5cccc(-c6cccc7sc8ccccc8c67)c54)c4ccccc34)cc2)cc1. The molecule has 0 unspecified atom stereocenters. The van der Waals surface area contributed by atoms with Crippen LogP contribution in [0.25, 0.3) is 75.1 Å². The van der Waals surface area contributed by atoms with Gasteiger partial charge in [-0.25, -0.2) is 0 Å². The first-order valence-electron chi connectivity index (χ1n) is 16.6. The van der Waals surface area contributed by atoms with Crippen molar-refractivity contribution in [2.75, 3.05) is 4.90 Å². The molecule has 0 bridgehead atoms. The summed E-state index contributed by atoms with van der Waals surface area (Å²) in [6.45, 7) is 0. The highest BCUT2D eigenvalue weighted by atomic mass is 32.1. The van der Waals surface area contributed by atoms with Crippen LogP contribution in [0.1, 0.15) is 0 Å². The molecule has 2 nitrogen and oxygen atoms in total. The molecule has 3 heteroatoms. The zero-order valence-corrected chi connectivity index (χ0v) is 27.3. The van der Waals surface area contributed by atoms with E-state index in [0.717, 1.165) is 49.8 Å². The van der Waals surface area contributed by atoms with Crippen LogP contribution < -0.4 is 4.90 Å². The predicted octanol–water partition coefficient (Wildman–Crippen LogP) is 13.9. The average molecular weight is 644 g/mol. The summed E-state index contributed by atoms with van der Waals surface area (Å²) in [5, 5.41) is 7.08. The highest BCUT2D eigenvalue weighted by Crippen LogP contribution is 2.48.